The monoisotopic (exact) mass is 368 g/mol. The first kappa shape index (κ1) is 18.2. The molecule has 3 rings (SSSR count). The predicted molar refractivity (Wildman–Crippen MR) is 98.8 cm³/mol. The summed E-state index contributed by atoms with van der Waals surface area (Å²) in [6, 6.07) is 8.72. The zero-order valence-electron chi connectivity index (χ0n) is 15.3. The number of nitrogens with zero attached hydrogens (tertiary/aromatic N) is 2. The van der Waals surface area contributed by atoms with Crippen LogP contribution in [0.4, 0.5) is 5.69 Å². The quantitative estimate of drug-likeness (QED) is 0.697. The molecular formula is C19H20N4O4. The number of hydrogen-bond acceptors (Lipinski definition) is 5. The molecule has 0 aliphatic heterocycles. The number of methoxy groups -OCH3 is 1. The van der Waals surface area contributed by atoms with Crippen LogP contribution in [0.1, 0.15) is 32.2 Å². The average Bonchev–Trinajstić information content (AvgIpc) is 3.30. The van der Waals surface area contributed by atoms with Gasteiger partial charge in [0.1, 0.15) is 17.2 Å². The van der Waals surface area contributed by atoms with E-state index in [4.69, 9.17) is 9.15 Å². The molecule has 0 spiro atoms. The number of anilines is 1. The summed E-state index contributed by atoms with van der Waals surface area (Å²) in [6.45, 7) is 2.04. The fourth-order valence-corrected chi connectivity index (χ4v) is 2.73. The second kappa shape index (κ2) is 7.77. The summed E-state index contributed by atoms with van der Waals surface area (Å²) in [5, 5.41) is 9.58. The number of nitrogens with one attached hydrogen (secondary N) is 2. The molecule has 0 saturated carbocycles. The molecule has 1 aromatic carbocycles. The first-order chi connectivity index (χ1) is 13.0. The molecular weight excluding hydrogens is 348 g/mol. The molecule has 0 aliphatic carbocycles. The SMILES string of the molecule is COc1cccc(C(=O)Nc2cnn(C)c2C(=O)NCc2ccco2)c1C. The Kier molecular flexibility index (Phi) is 5.25. The van der Waals surface area contributed by atoms with Crippen LogP contribution in [0.2, 0.25) is 0 Å². The maximum absolute atomic E-state index is 12.7. The number of amides is 2. The van der Waals surface area contributed by atoms with E-state index in [1.807, 2.05) is 0 Å². The van der Waals surface area contributed by atoms with Crippen LogP contribution in [0.3, 0.4) is 0 Å². The molecule has 0 unspecified atom stereocenters. The summed E-state index contributed by atoms with van der Waals surface area (Å²) in [5.41, 5.74) is 1.74. The normalized spacial score (nSPS) is 10.5. The first-order valence-electron chi connectivity index (χ1n) is 8.28. The molecule has 140 valence electrons. The highest BCUT2D eigenvalue weighted by atomic mass is 16.5. The molecule has 0 atom stereocenters. The molecule has 8 nitrogen and oxygen atoms in total. The van der Waals surface area contributed by atoms with Crippen LogP contribution in [0.15, 0.2) is 47.2 Å². The van der Waals surface area contributed by atoms with Crippen LogP contribution in [-0.4, -0.2) is 28.7 Å². The summed E-state index contributed by atoms with van der Waals surface area (Å²) >= 11 is 0. The number of aryl methyl sites for hydroxylation is 1. The Morgan fingerprint density at radius 1 is 1.22 bits per heavy atom. The number of benzene rings is 1. The van der Waals surface area contributed by atoms with E-state index in [1.165, 1.54) is 17.1 Å². The number of carbonyl (C=O) groups excluding carboxylic acids is 2. The van der Waals surface area contributed by atoms with Gasteiger partial charge in [0.15, 0.2) is 0 Å². The highest BCUT2D eigenvalue weighted by Crippen LogP contribution is 2.23. The van der Waals surface area contributed by atoms with E-state index in [-0.39, 0.29) is 24.1 Å². The maximum Gasteiger partial charge on any atom is 0.272 e. The van der Waals surface area contributed by atoms with Gasteiger partial charge in [-0.2, -0.15) is 5.10 Å². The fraction of sp³-hybridized carbons (Fsp3) is 0.211. The summed E-state index contributed by atoms with van der Waals surface area (Å²) in [7, 11) is 3.18. The fourth-order valence-electron chi connectivity index (χ4n) is 2.73. The lowest BCUT2D eigenvalue weighted by atomic mass is 10.1. The van der Waals surface area contributed by atoms with E-state index in [1.54, 1.807) is 51.4 Å². The number of furan rings is 1. The zero-order chi connectivity index (χ0) is 19.4. The lowest BCUT2D eigenvalue weighted by Crippen LogP contribution is -2.26. The van der Waals surface area contributed by atoms with Crippen molar-refractivity contribution in [2.24, 2.45) is 7.05 Å². The number of ether oxygens (including phenoxy) is 1. The van der Waals surface area contributed by atoms with Crippen molar-refractivity contribution in [2.45, 2.75) is 13.5 Å². The van der Waals surface area contributed by atoms with E-state index in [0.29, 0.717) is 28.3 Å². The van der Waals surface area contributed by atoms with Crippen LogP contribution >= 0.6 is 0 Å². The van der Waals surface area contributed by atoms with Gasteiger partial charge in [0.25, 0.3) is 11.8 Å². The minimum atomic E-state index is -0.371. The van der Waals surface area contributed by atoms with Gasteiger partial charge in [0.05, 0.1) is 31.8 Å². The summed E-state index contributed by atoms with van der Waals surface area (Å²) in [6.07, 6.45) is 2.98. The Hall–Kier alpha value is -3.55. The third-order valence-electron chi connectivity index (χ3n) is 4.15. The van der Waals surface area contributed by atoms with Crippen LogP contribution in [0.25, 0.3) is 0 Å². The zero-order valence-corrected chi connectivity index (χ0v) is 15.3. The second-order valence-electron chi connectivity index (χ2n) is 5.88. The Morgan fingerprint density at radius 2 is 2.04 bits per heavy atom. The number of aromatic nitrogens is 2. The summed E-state index contributed by atoms with van der Waals surface area (Å²) < 4.78 is 11.9. The Balaban J connectivity index is 1.78. The van der Waals surface area contributed by atoms with Gasteiger partial charge in [-0.25, -0.2) is 0 Å². The molecule has 2 N–H and O–H groups in total. The van der Waals surface area contributed by atoms with Crippen molar-refractivity contribution in [1.29, 1.82) is 0 Å². The van der Waals surface area contributed by atoms with Crippen molar-refractivity contribution in [3.63, 3.8) is 0 Å². The Labute approximate surface area is 156 Å². The Morgan fingerprint density at radius 3 is 2.74 bits per heavy atom. The van der Waals surface area contributed by atoms with Crippen molar-refractivity contribution in [1.82, 2.24) is 15.1 Å². The second-order valence-corrected chi connectivity index (χ2v) is 5.88. The molecule has 0 fully saturated rings. The molecule has 3 aromatic rings. The largest absolute Gasteiger partial charge is 0.496 e. The predicted octanol–water partition coefficient (Wildman–Crippen LogP) is 2.51. The van der Waals surface area contributed by atoms with Gasteiger partial charge in [0.2, 0.25) is 0 Å². The molecule has 8 heteroatoms. The molecule has 0 bridgehead atoms. The lowest BCUT2D eigenvalue weighted by Gasteiger charge is -2.11. The van der Waals surface area contributed by atoms with Gasteiger partial charge in [-0.1, -0.05) is 6.07 Å². The van der Waals surface area contributed by atoms with Gasteiger partial charge in [-0.15, -0.1) is 0 Å². The molecule has 0 saturated heterocycles. The van der Waals surface area contributed by atoms with Gasteiger partial charge >= 0.3 is 0 Å². The van der Waals surface area contributed by atoms with Gasteiger partial charge in [-0.3, -0.25) is 14.3 Å². The molecule has 0 aliphatic rings. The molecule has 0 radical (unpaired) electrons. The van der Waals surface area contributed by atoms with Crippen molar-refractivity contribution in [3.8, 4) is 5.75 Å². The minimum absolute atomic E-state index is 0.236. The molecule has 27 heavy (non-hydrogen) atoms. The van der Waals surface area contributed by atoms with Crippen molar-refractivity contribution < 1.29 is 18.7 Å². The molecule has 2 amide bonds. The van der Waals surface area contributed by atoms with Crippen LogP contribution in [0, 0.1) is 6.92 Å². The van der Waals surface area contributed by atoms with E-state index in [9.17, 15) is 9.59 Å². The third-order valence-corrected chi connectivity index (χ3v) is 4.15. The van der Waals surface area contributed by atoms with Crippen molar-refractivity contribution in [3.05, 3.63) is 65.4 Å². The average molecular weight is 368 g/mol. The van der Waals surface area contributed by atoms with Crippen LogP contribution in [0.5, 0.6) is 5.75 Å². The van der Waals surface area contributed by atoms with Gasteiger partial charge < -0.3 is 19.8 Å². The highest BCUT2D eigenvalue weighted by Gasteiger charge is 2.20. The number of rotatable bonds is 6. The van der Waals surface area contributed by atoms with Crippen molar-refractivity contribution >= 4 is 17.5 Å². The van der Waals surface area contributed by atoms with E-state index in [2.05, 4.69) is 15.7 Å². The van der Waals surface area contributed by atoms with Gasteiger partial charge in [-0.05, 0) is 31.2 Å². The van der Waals surface area contributed by atoms with Crippen molar-refractivity contribution in [2.75, 3.05) is 12.4 Å². The standard InChI is InChI=1S/C19H20N4O4/c1-12-14(7-4-8-16(12)26-3)18(24)22-15-11-21-23(2)17(15)19(25)20-10-13-6-5-9-27-13/h4-9,11H,10H2,1-3H3,(H,20,25)(H,22,24). The summed E-state index contributed by atoms with van der Waals surface area (Å²) in [4.78, 5) is 25.2. The smallest absolute Gasteiger partial charge is 0.272 e. The van der Waals surface area contributed by atoms with E-state index < -0.39 is 0 Å². The van der Waals surface area contributed by atoms with Crippen LogP contribution in [-0.2, 0) is 13.6 Å². The molecule has 2 heterocycles. The lowest BCUT2D eigenvalue weighted by molar-refractivity contribution is 0.0939. The first-order valence-corrected chi connectivity index (χ1v) is 8.28. The number of hydrogen-bond donors (Lipinski definition) is 2. The summed E-state index contributed by atoms with van der Waals surface area (Å²) in [5.74, 6) is 0.525. The molecule has 2 aromatic heterocycles. The topological polar surface area (TPSA) is 98.4 Å². The Bertz CT molecular complexity index is 960. The van der Waals surface area contributed by atoms with E-state index in [0.717, 1.165) is 0 Å². The van der Waals surface area contributed by atoms with Gasteiger partial charge in [0, 0.05) is 18.2 Å². The minimum Gasteiger partial charge on any atom is -0.496 e. The number of carbonyl (C=O) groups is 2. The highest BCUT2D eigenvalue weighted by molar-refractivity contribution is 6.09. The van der Waals surface area contributed by atoms with Crippen LogP contribution < -0.4 is 15.4 Å². The third kappa shape index (κ3) is 3.84. The van der Waals surface area contributed by atoms with E-state index >= 15 is 0 Å². The maximum atomic E-state index is 12.7.